The van der Waals surface area contributed by atoms with E-state index >= 15 is 0 Å². The molecule has 2 aromatic carbocycles. The van der Waals surface area contributed by atoms with E-state index in [0.717, 1.165) is 11.6 Å². The number of aryl methyl sites for hydroxylation is 1. The molecular weight excluding hydrogens is 394 g/mol. The fourth-order valence-corrected chi connectivity index (χ4v) is 3.01. The molecule has 2 aromatic rings. The van der Waals surface area contributed by atoms with Gasteiger partial charge in [-0.25, -0.2) is 4.79 Å². The van der Waals surface area contributed by atoms with Gasteiger partial charge in [-0.2, -0.15) is 0 Å². The second kappa shape index (κ2) is 9.14. The van der Waals surface area contributed by atoms with E-state index < -0.39 is 23.3 Å². The first-order valence-electron chi connectivity index (χ1n) is 9.15. The Morgan fingerprint density at radius 2 is 2.00 bits per heavy atom. The summed E-state index contributed by atoms with van der Waals surface area (Å²) in [6.45, 7) is -0.627. The number of hydrogen-bond acceptors (Lipinski definition) is 8. The van der Waals surface area contributed by atoms with Crippen molar-refractivity contribution in [1.82, 2.24) is 0 Å². The van der Waals surface area contributed by atoms with E-state index in [1.165, 1.54) is 18.2 Å². The number of aliphatic hydroxyl groups is 1. The van der Waals surface area contributed by atoms with Crippen LogP contribution in [0.2, 0.25) is 0 Å². The monoisotopic (exact) mass is 413 g/mol. The van der Waals surface area contributed by atoms with Gasteiger partial charge in [0.2, 0.25) is 5.91 Å². The number of non-ortho nitro benzene ring substituents is 1. The number of hydrogen-bond donors (Lipinski definition) is 3. The Morgan fingerprint density at radius 3 is 2.73 bits per heavy atom. The molecule has 1 amide bonds. The smallest absolute Gasteiger partial charge is 0.340 e. The van der Waals surface area contributed by atoms with Crippen LogP contribution in [0.4, 0.5) is 17.1 Å². The number of amides is 1. The summed E-state index contributed by atoms with van der Waals surface area (Å²) >= 11 is 0. The van der Waals surface area contributed by atoms with Crippen LogP contribution in [-0.4, -0.2) is 47.4 Å². The molecule has 0 spiro atoms. The van der Waals surface area contributed by atoms with E-state index in [9.17, 15) is 24.5 Å². The number of nitrogens with one attached hydrogen (secondary N) is 2. The van der Waals surface area contributed by atoms with Crippen LogP contribution in [0.5, 0.6) is 0 Å². The van der Waals surface area contributed by atoms with Gasteiger partial charge in [-0.05, 0) is 36.2 Å². The van der Waals surface area contributed by atoms with Gasteiger partial charge >= 0.3 is 5.97 Å². The Morgan fingerprint density at radius 1 is 1.20 bits per heavy atom. The largest absolute Gasteiger partial charge is 0.454 e. The van der Waals surface area contributed by atoms with Crippen molar-refractivity contribution in [3.05, 3.63) is 63.2 Å². The number of esters is 1. The summed E-state index contributed by atoms with van der Waals surface area (Å²) in [5.74, 6) is -1.44. The lowest BCUT2D eigenvalue weighted by Gasteiger charge is -2.17. The van der Waals surface area contributed by atoms with Crippen molar-refractivity contribution in [2.75, 3.05) is 30.4 Å². The Hall–Kier alpha value is -3.79. The lowest BCUT2D eigenvalue weighted by atomic mass is 9.99. The van der Waals surface area contributed by atoms with Crippen molar-refractivity contribution in [2.24, 2.45) is 0 Å². The SMILES string of the molecule is O=C1CCc2cc(C(=O)COC(=O)c3cc([N+](=O)[O-])ccc3NCCO)ccc2N1. The second-order valence-corrected chi connectivity index (χ2v) is 6.56. The quantitative estimate of drug-likeness (QED) is 0.257. The number of rotatable bonds is 8. The third-order valence-corrected chi connectivity index (χ3v) is 4.52. The molecule has 0 saturated carbocycles. The van der Waals surface area contributed by atoms with Gasteiger partial charge in [0.1, 0.15) is 0 Å². The van der Waals surface area contributed by atoms with Gasteiger partial charge in [0.25, 0.3) is 5.69 Å². The van der Waals surface area contributed by atoms with Crippen LogP contribution in [0, 0.1) is 10.1 Å². The molecule has 3 rings (SSSR count). The number of benzene rings is 2. The maximum Gasteiger partial charge on any atom is 0.340 e. The van der Waals surface area contributed by atoms with Crippen molar-refractivity contribution in [3.8, 4) is 0 Å². The van der Waals surface area contributed by atoms with Crippen LogP contribution in [0.1, 0.15) is 32.7 Å². The van der Waals surface area contributed by atoms with Crippen molar-refractivity contribution < 1.29 is 29.2 Å². The first kappa shape index (κ1) is 20.9. The van der Waals surface area contributed by atoms with E-state index in [1.807, 2.05) is 0 Å². The summed E-state index contributed by atoms with van der Waals surface area (Å²) in [7, 11) is 0. The molecule has 3 N–H and O–H groups in total. The molecule has 1 aliphatic rings. The summed E-state index contributed by atoms with van der Waals surface area (Å²) in [6, 6.07) is 8.40. The zero-order valence-electron chi connectivity index (χ0n) is 15.8. The molecule has 30 heavy (non-hydrogen) atoms. The van der Waals surface area contributed by atoms with Crippen molar-refractivity contribution in [3.63, 3.8) is 0 Å². The standard InChI is InChI=1S/C20H19N3O7/c24-8-7-21-17-5-3-14(23(28)29)10-15(17)20(27)30-11-18(25)13-1-4-16-12(9-13)2-6-19(26)22-16/h1,3-5,9-10,21,24H,2,6-8,11H2,(H,22,26). The molecule has 1 heterocycles. The normalized spacial score (nSPS) is 12.5. The van der Waals surface area contributed by atoms with Crippen molar-refractivity contribution in [2.45, 2.75) is 12.8 Å². The topological polar surface area (TPSA) is 148 Å². The summed E-state index contributed by atoms with van der Waals surface area (Å²) in [5, 5.41) is 25.4. The zero-order valence-corrected chi connectivity index (χ0v) is 15.8. The molecule has 10 heteroatoms. The minimum Gasteiger partial charge on any atom is -0.454 e. The number of carbonyl (C=O) groups is 3. The third-order valence-electron chi connectivity index (χ3n) is 4.52. The molecule has 0 atom stereocenters. The predicted molar refractivity (Wildman–Crippen MR) is 107 cm³/mol. The van der Waals surface area contributed by atoms with E-state index in [4.69, 9.17) is 9.84 Å². The number of carbonyl (C=O) groups excluding carboxylic acids is 3. The van der Waals surface area contributed by atoms with Crippen molar-refractivity contribution >= 4 is 34.7 Å². The van der Waals surface area contributed by atoms with Gasteiger partial charge in [-0.15, -0.1) is 0 Å². The van der Waals surface area contributed by atoms with E-state index in [2.05, 4.69) is 10.6 Å². The molecule has 0 aliphatic carbocycles. The van der Waals surface area contributed by atoms with Gasteiger partial charge in [0, 0.05) is 42.0 Å². The molecule has 0 aromatic heterocycles. The van der Waals surface area contributed by atoms with Gasteiger partial charge in [0.15, 0.2) is 12.4 Å². The van der Waals surface area contributed by atoms with Crippen LogP contribution < -0.4 is 10.6 Å². The number of Topliss-reactive ketones (excluding diaryl/α,β-unsaturated/α-hetero) is 1. The fourth-order valence-electron chi connectivity index (χ4n) is 3.01. The maximum atomic E-state index is 12.5. The Kier molecular flexibility index (Phi) is 6.38. The number of nitro groups is 1. The fraction of sp³-hybridized carbons (Fsp3) is 0.250. The number of fused-ring (bicyclic) bond motifs is 1. The van der Waals surface area contributed by atoms with Gasteiger partial charge in [-0.1, -0.05) is 0 Å². The summed E-state index contributed by atoms with van der Waals surface area (Å²) in [5.41, 5.74) is 1.63. The number of anilines is 2. The minimum atomic E-state index is -0.905. The highest BCUT2D eigenvalue weighted by Gasteiger charge is 2.21. The number of nitro benzene ring substituents is 1. The second-order valence-electron chi connectivity index (χ2n) is 6.56. The highest BCUT2D eigenvalue weighted by Crippen LogP contribution is 2.25. The first-order chi connectivity index (χ1) is 14.4. The summed E-state index contributed by atoms with van der Waals surface area (Å²) in [4.78, 5) is 46.7. The highest BCUT2D eigenvalue weighted by atomic mass is 16.6. The average molecular weight is 413 g/mol. The lowest BCUT2D eigenvalue weighted by Crippen LogP contribution is -2.20. The Bertz CT molecular complexity index is 1020. The molecular formula is C20H19N3O7. The molecule has 0 radical (unpaired) electrons. The van der Waals surface area contributed by atoms with E-state index in [-0.39, 0.29) is 36.0 Å². The van der Waals surface area contributed by atoms with Crippen LogP contribution in [0.3, 0.4) is 0 Å². The predicted octanol–water partition coefficient (Wildman–Crippen LogP) is 1.92. The molecule has 10 nitrogen and oxygen atoms in total. The van der Waals surface area contributed by atoms with Gasteiger partial charge in [0.05, 0.1) is 17.1 Å². The summed E-state index contributed by atoms with van der Waals surface area (Å²) in [6.07, 6.45) is 0.839. The Balaban J connectivity index is 1.72. The van der Waals surface area contributed by atoms with Crippen LogP contribution in [0.15, 0.2) is 36.4 Å². The highest BCUT2D eigenvalue weighted by molar-refractivity contribution is 6.02. The van der Waals surface area contributed by atoms with Crippen LogP contribution >= 0.6 is 0 Å². The van der Waals surface area contributed by atoms with E-state index in [0.29, 0.717) is 24.1 Å². The molecule has 156 valence electrons. The zero-order chi connectivity index (χ0) is 21.7. The number of nitrogens with zero attached hydrogens (tertiary/aromatic N) is 1. The third kappa shape index (κ3) is 4.78. The summed E-state index contributed by atoms with van der Waals surface area (Å²) < 4.78 is 5.08. The average Bonchev–Trinajstić information content (AvgIpc) is 2.75. The van der Waals surface area contributed by atoms with Crippen LogP contribution in [-0.2, 0) is 16.0 Å². The van der Waals surface area contributed by atoms with Crippen LogP contribution in [0.25, 0.3) is 0 Å². The molecule has 0 bridgehead atoms. The number of ketones is 1. The van der Waals surface area contributed by atoms with Gasteiger partial charge in [-0.3, -0.25) is 19.7 Å². The minimum absolute atomic E-state index is 0.0851. The maximum absolute atomic E-state index is 12.5. The molecule has 0 unspecified atom stereocenters. The first-order valence-corrected chi connectivity index (χ1v) is 9.15. The Labute approximate surface area is 171 Å². The molecule has 0 fully saturated rings. The van der Waals surface area contributed by atoms with Gasteiger partial charge < -0.3 is 20.5 Å². The molecule has 0 saturated heterocycles. The number of aliphatic hydroxyl groups excluding tert-OH is 1. The van der Waals surface area contributed by atoms with E-state index in [1.54, 1.807) is 12.1 Å². The number of ether oxygens (including phenoxy) is 1. The molecule has 1 aliphatic heterocycles. The van der Waals surface area contributed by atoms with Crippen molar-refractivity contribution in [1.29, 1.82) is 0 Å². The lowest BCUT2D eigenvalue weighted by molar-refractivity contribution is -0.384.